The molecular weight excluding hydrogens is 146 g/mol. The fourth-order valence-electron chi connectivity index (χ4n) is 0.971. The first-order valence-corrected chi connectivity index (χ1v) is 3.88. The van der Waals surface area contributed by atoms with Gasteiger partial charge in [0.15, 0.2) is 0 Å². The van der Waals surface area contributed by atoms with Gasteiger partial charge in [0.25, 0.3) is 0 Å². The van der Waals surface area contributed by atoms with E-state index in [1.807, 2.05) is 43.3 Å². The molecule has 1 rings (SSSR count). The average molecular weight is 159 g/mol. The molecule has 0 amide bonds. The van der Waals surface area contributed by atoms with Crippen LogP contribution in [0.3, 0.4) is 0 Å². The summed E-state index contributed by atoms with van der Waals surface area (Å²) in [7, 11) is 0. The first kappa shape index (κ1) is 8.60. The molecule has 0 fully saturated rings. The number of nitrogens with two attached hydrogens (primary N) is 1. The van der Waals surface area contributed by atoms with Gasteiger partial charge in [-0.1, -0.05) is 36.4 Å². The van der Waals surface area contributed by atoms with Crippen LogP contribution in [0.4, 0.5) is 5.69 Å². The molecule has 0 saturated carbocycles. The van der Waals surface area contributed by atoms with Crippen molar-refractivity contribution < 1.29 is 0 Å². The monoisotopic (exact) mass is 159 g/mol. The van der Waals surface area contributed by atoms with Gasteiger partial charge in [0.1, 0.15) is 0 Å². The van der Waals surface area contributed by atoms with Crippen molar-refractivity contribution in [3.05, 3.63) is 48.1 Å². The number of hydrogen-bond donors (Lipinski definition) is 1. The molecule has 0 aromatic heterocycles. The summed E-state index contributed by atoms with van der Waals surface area (Å²) in [4.78, 5) is 0. The molecule has 0 aliphatic rings. The largest absolute Gasteiger partial charge is 0.399 e. The highest BCUT2D eigenvalue weighted by atomic mass is 14.5. The summed E-state index contributed by atoms with van der Waals surface area (Å²) >= 11 is 0. The first-order valence-electron chi connectivity index (χ1n) is 3.88. The highest BCUT2D eigenvalue weighted by Gasteiger charge is 1.88. The van der Waals surface area contributed by atoms with E-state index in [-0.39, 0.29) is 0 Å². The molecule has 0 aliphatic carbocycles. The number of rotatable bonds is 2. The summed E-state index contributed by atoms with van der Waals surface area (Å²) in [5.74, 6) is 0. The van der Waals surface area contributed by atoms with Crippen molar-refractivity contribution in [3.63, 3.8) is 0 Å². The molecule has 0 saturated heterocycles. The van der Waals surface area contributed by atoms with Crippen LogP contribution in [0.2, 0.25) is 0 Å². The summed E-state index contributed by atoms with van der Waals surface area (Å²) < 4.78 is 0. The number of nitrogen functional groups attached to an aromatic ring is 1. The lowest BCUT2D eigenvalue weighted by Gasteiger charge is -1.96. The second-order valence-corrected chi connectivity index (χ2v) is 2.76. The Bertz CT molecular complexity index is 311. The molecular formula is C11H13N. The molecule has 0 radical (unpaired) electrons. The minimum absolute atomic E-state index is 0.792. The summed E-state index contributed by atoms with van der Waals surface area (Å²) in [6.45, 7) is 5.69. The molecule has 62 valence electrons. The number of allylic oxidation sites excluding steroid dienone is 2. The first-order chi connectivity index (χ1) is 5.72. The Kier molecular flexibility index (Phi) is 2.70. The van der Waals surface area contributed by atoms with Crippen molar-refractivity contribution in [1.29, 1.82) is 0 Å². The van der Waals surface area contributed by atoms with Crippen molar-refractivity contribution in [2.75, 3.05) is 5.73 Å². The van der Waals surface area contributed by atoms with Crippen molar-refractivity contribution in [2.24, 2.45) is 0 Å². The molecule has 12 heavy (non-hydrogen) atoms. The predicted molar refractivity (Wildman–Crippen MR) is 54.7 cm³/mol. The van der Waals surface area contributed by atoms with Gasteiger partial charge in [-0.15, -0.1) is 0 Å². The Morgan fingerprint density at radius 3 is 2.83 bits per heavy atom. The molecule has 1 aromatic rings. The van der Waals surface area contributed by atoms with Crippen LogP contribution in [-0.4, -0.2) is 0 Å². The van der Waals surface area contributed by atoms with E-state index in [2.05, 4.69) is 6.58 Å². The van der Waals surface area contributed by atoms with Crippen LogP contribution >= 0.6 is 0 Å². The minimum Gasteiger partial charge on any atom is -0.399 e. The molecule has 0 spiro atoms. The number of benzene rings is 1. The van der Waals surface area contributed by atoms with E-state index in [9.17, 15) is 0 Å². The summed E-state index contributed by atoms with van der Waals surface area (Å²) in [5.41, 5.74) is 8.67. The molecule has 0 aliphatic heterocycles. The van der Waals surface area contributed by atoms with E-state index in [1.165, 1.54) is 0 Å². The number of hydrogen-bond acceptors (Lipinski definition) is 1. The Morgan fingerprint density at radius 2 is 2.25 bits per heavy atom. The molecule has 0 unspecified atom stereocenters. The van der Waals surface area contributed by atoms with Gasteiger partial charge < -0.3 is 5.73 Å². The summed E-state index contributed by atoms with van der Waals surface area (Å²) in [5, 5.41) is 0. The zero-order valence-corrected chi connectivity index (χ0v) is 7.25. The number of anilines is 1. The van der Waals surface area contributed by atoms with Crippen LogP contribution in [0.5, 0.6) is 0 Å². The van der Waals surface area contributed by atoms with E-state index in [0.717, 1.165) is 16.8 Å². The Morgan fingerprint density at radius 1 is 1.50 bits per heavy atom. The van der Waals surface area contributed by atoms with Gasteiger partial charge in [-0.2, -0.15) is 0 Å². The van der Waals surface area contributed by atoms with Gasteiger partial charge in [-0.3, -0.25) is 0 Å². The molecule has 2 N–H and O–H groups in total. The minimum atomic E-state index is 0.792. The summed E-state index contributed by atoms with van der Waals surface area (Å²) in [6.07, 6.45) is 3.87. The van der Waals surface area contributed by atoms with E-state index in [4.69, 9.17) is 5.73 Å². The maximum absolute atomic E-state index is 5.62. The van der Waals surface area contributed by atoms with Gasteiger partial charge in [0.2, 0.25) is 0 Å². The fourth-order valence-corrected chi connectivity index (χ4v) is 0.971. The third-order valence-electron chi connectivity index (χ3n) is 1.63. The maximum atomic E-state index is 5.62. The van der Waals surface area contributed by atoms with Crippen LogP contribution < -0.4 is 5.73 Å². The van der Waals surface area contributed by atoms with E-state index >= 15 is 0 Å². The SMILES string of the molecule is C=C/C(C)=C\c1cccc(N)c1. The quantitative estimate of drug-likeness (QED) is 0.521. The normalized spacial score (nSPS) is 11.2. The molecule has 1 nitrogen and oxygen atoms in total. The molecule has 1 aromatic carbocycles. The Balaban J connectivity index is 2.97. The van der Waals surface area contributed by atoms with Crippen LogP contribution in [0.1, 0.15) is 12.5 Å². The van der Waals surface area contributed by atoms with E-state index in [1.54, 1.807) is 0 Å². The lowest BCUT2D eigenvalue weighted by atomic mass is 10.1. The highest BCUT2D eigenvalue weighted by Crippen LogP contribution is 2.10. The lowest BCUT2D eigenvalue weighted by Crippen LogP contribution is -1.83. The molecule has 0 atom stereocenters. The zero-order valence-electron chi connectivity index (χ0n) is 7.25. The topological polar surface area (TPSA) is 26.0 Å². The van der Waals surface area contributed by atoms with Gasteiger partial charge in [-0.25, -0.2) is 0 Å². The van der Waals surface area contributed by atoms with Crippen molar-refractivity contribution in [3.8, 4) is 0 Å². The van der Waals surface area contributed by atoms with Crippen LogP contribution in [0.25, 0.3) is 6.08 Å². The van der Waals surface area contributed by atoms with Crippen molar-refractivity contribution in [2.45, 2.75) is 6.92 Å². The Hall–Kier alpha value is -1.50. The molecule has 1 heteroatoms. The van der Waals surface area contributed by atoms with E-state index in [0.29, 0.717) is 0 Å². The molecule has 0 heterocycles. The van der Waals surface area contributed by atoms with Crippen molar-refractivity contribution >= 4 is 11.8 Å². The summed E-state index contributed by atoms with van der Waals surface area (Å²) in [6, 6.07) is 7.77. The van der Waals surface area contributed by atoms with Crippen LogP contribution in [0, 0.1) is 0 Å². The third kappa shape index (κ3) is 2.27. The van der Waals surface area contributed by atoms with Gasteiger partial charge >= 0.3 is 0 Å². The second kappa shape index (κ2) is 3.77. The second-order valence-electron chi connectivity index (χ2n) is 2.76. The zero-order chi connectivity index (χ0) is 8.97. The predicted octanol–water partition coefficient (Wildman–Crippen LogP) is 2.86. The Labute approximate surface area is 73.2 Å². The standard InChI is InChI=1S/C11H13N/c1-3-9(2)7-10-5-4-6-11(12)8-10/h3-8H,1,12H2,2H3/b9-7-. The molecule has 0 bridgehead atoms. The van der Waals surface area contributed by atoms with Crippen LogP contribution in [0.15, 0.2) is 42.5 Å². The maximum Gasteiger partial charge on any atom is 0.0319 e. The fraction of sp³-hybridized carbons (Fsp3) is 0.0909. The average Bonchev–Trinajstić information content (AvgIpc) is 2.04. The third-order valence-corrected chi connectivity index (χ3v) is 1.63. The highest BCUT2D eigenvalue weighted by molar-refractivity contribution is 5.59. The van der Waals surface area contributed by atoms with Gasteiger partial charge in [0.05, 0.1) is 0 Å². The smallest absolute Gasteiger partial charge is 0.0319 e. The van der Waals surface area contributed by atoms with E-state index < -0.39 is 0 Å². The van der Waals surface area contributed by atoms with Gasteiger partial charge in [-0.05, 0) is 24.6 Å². The van der Waals surface area contributed by atoms with Gasteiger partial charge in [0, 0.05) is 5.69 Å². The van der Waals surface area contributed by atoms with Crippen molar-refractivity contribution in [1.82, 2.24) is 0 Å². The van der Waals surface area contributed by atoms with Crippen LogP contribution in [-0.2, 0) is 0 Å². The lowest BCUT2D eigenvalue weighted by molar-refractivity contribution is 1.55.